The Kier molecular flexibility index (Phi) is 12.5. The fourth-order valence-corrected chi connectivity index (χ4v) is 3.63. The maximum atomic E-state index is 13.3. The Bertz CT molecular complexity index is 846. The minimum atomic E-state index is -6.85. The molecule has 0 radical (unpaired) electrons. The summed E-state index contributed by atoms with van der Waals surface area (Å²) >= 11 is 0. The fraction of sp³-hybridized carbons (Fsp3) is 0.556. The van der Waals surface area contributed by atoms with Gasteiger partial charge in [-0.3, -0.25) is 5.32 Å². The van der Waals surface area contributed by atoms with E-state index in [-0.39, 0.29) is 0 Å². The molecule has 0 fully saturated rings. The number of hydrogen-bond acceptors (Lipinski definition) is 1. The first-order chi connectivity index (χ1) is 17.1. The molecule has 1 N–H and O–H groups in total. The lowest BCUT2D eigenvalue weighted by Gasteiger charge is -2.34. The van der Waals surface area contributed by atoms with Gasteiger partial charge in [-0.05, 0) is 29.4 Å². The Morgan fingerprint density at radius 3 is 1.49 bits per heavy atom. The van der Waals surface area contributed by atoms with Gasteiger partial charge in [-0.2, -0.15) is 39.5 Å². The van der Waals surface area contributed by atoms with Crippen LogP contribution in [0, 0.1) is 11.8 Å². The van der Waals surface area contributed by atoms with Gasteiger partial charge in [-0.1, -0.05) is 107 Å². The Labute approximate surface area is 212 Å². The van der Waals surface area contributed by atoms with E-state index in [0.29, 0.717) is 18.8 Å². The molecule has 2 rings (SSSR count). The molecule has 2 atom stereocenters. The van der Waals surface area contributed by atoms with Crippen molar-refractivity contribution < 1.29 is 39.5 Å². The van der Waals surface area contributed by atoms with Gasteiger partial charge in [-0.15, -0.1) is 0 Å². The van der Waals surface area contributed by atoms with E-state index >= 15 is 0 Å². The molecule has 0 saturated heterocycles. The summed E-state index contributed by atoms with van der Waals surface area (Å²) in [5.41, 5.74) is 2.55. The summed E-state index contributed by atoms with van der Waals surface area (Å²) in [4.78, 5) is 0. The van der Waals surface area contributed by atoms with Crippen LogP contribution in [0.1, 0.15) is 52.9 Å². The third kappa shape index (κ3) is 9.23. The normalized spacial score (nSPS) is 14.5. The summed E-state index contributed by atoms with van der Waals surface area (Å²) in [5, 5.41) is 0.888. The molecule has 0 aliphatic heterocycles. The molecule has 37 heavy (non-hydrogen) atoms. The van der Waals surface area contributed by atoms with Crippen LogP contribution in [-0.4, -0.2) is 30.6 Å². The summed E-state index contributed by atoms with van der Waals surface area (Å²) in [6.07, 6.45) is -3.12. The highest BCUT2D eigenvalue weighted by Gasteiger charge is 2.81. The quantitative estimate of drug-likeness (QED) is 0.208. The third-order valence-electron chi connectivity index (χ3n) is 6.04. The molecule has 2 unspecified atom stereocenters. The second-order valence-electron chi connectivity index (χ2n) is 9.08. The van der Waals surface area contributed by atoms with Gasteiger partial charge >= 0.3 is 24.1 Å². The van der Waals surface area contributed by atoms with Gasteiger partial charge in [0.05, 0.1) is 0 Å². The maximum Gasteiger partial charge on any atom is 0.460 e. The second kappa shape index (κ2) is 14.1. The van der Waals surface area contributed by atoms with E-state index in [1.54, 1.807) is 0 Å². The molecule has 0 bridgehead atoms. The predicted molar refractivity (Wildman–Crippen MR) is 128 cm³/mol. The van der Waals surface area contributed by atoms with E-state index < -0.39 is 36.5 Å². The SMILES string of the molecule is CCCC(CC)CCC(C)CNC(F)(F)C(F)(F)C(F)(F)C(F)(F)F.c1ccc(-c2ccccc2)cc1. The molecule has 2 aromatic carbocycles. The molecular weight excluding hydrogens is 509 g/mol. The first-order valence-electron chi connectivity index (χ1n) is 12.2. The van der Waals surface area contributed by atoms with Crippen molar-refractivity contribution in [2.45, 2.75) is 76.9 Å². The van der Waals surface area contributed by atoms with Crippen molar-refractivity contribution in [3.05, 3.63) is 60.7 Å². The van der Waals surface area contributed by atoms with Crippen LogP contribution < -0.4 is 5.32 Å². The van der Waals surface area contributed by atoms with Crippen LogP contribution in [-0.2, 0) is 0 Å². The van der Waals surface area contributed by atoms with Crippen molar-refractivity contribution in [2.75, 3.05) is 6.54 Å². The van der Waals surface area contributed by atoms with Crippen LogP contribution in [0.2, 0.25) is 0 Å². The number of alkyl halides is 9. The highest BCUT2D eigenvalue weighted by molar-refractivity contribution is 5.62. The van der Waals surface area contributed by atoms with Gasteiger partial charge in [0.15, 0.2) is 0 Å². The third-order valence-corrected chi connectivity index (χ3v) is 6.04. The molecule has 0 amide bonds. The minimum absolute atomic E-state index is 0.323. The molecule has 2 aromatic rings. The van der Waals surface area contributed by atoms with E-state index in [9.17, 15) is 39.5 Å². The van der Waals surface area contributed by atoms with E-state index in [1.165, 1.54) is 18.1 Å². The Morgan fingerprint density at radius 2 is 1.11 bits per heavy atom. The van der Waals surface area contributed by atoms with Gasteiger partial charge in [-0.25, -0.2) is 0 Å². The van der Waals surface area contributed by atoms with Gasteiger partial charge in [0.2, 0.25) is 0 Å². The van der Waals surface area contributed by atoms with E-state index in [2.05, 4.69) is 48.5 Å². The van der Waals surface area contributed by atoms with Crippen molar-refractivity contribution in [2.24, 2.45) is 11.8 Å². The first-order valence-corrected chi connectivity index (χ1v) is 12.2. The van der Waals surface area contributed by atoms with E-state index in [0.717, 1.165) is 24.6 Å². The van der Waals surface area contributed by atoms with Crippen molar-refractivity contribution in [3.63, 3.8) is 0 Å². The van der Waals surface area contributed by atoms with Crippen LogP contribution in [0.15, 0.2) is 60.7 Å². The van der Waals surface area contributed by atoms with Crippen molar-refractivity contribution >= 4 is 0 Å². The average molecular weight is 544 g/mol. The number of nitrogens with one attached hydrogen (secondary N) is 1. The van der Waals surface area contributed by atoms with Crippen molar-refractivity contribution in [3.8, 4) is 11.1 Å². The predicted octanol–water partition coefficient (Wildman–Crippen LogP) is 9.60. The lowest BCUT2D eigenvalue weighted by Crippen LogP contribution is -2.65. The molecule has 0 saturated carbocycles. The summed E-state index contributed by atoms with van der Waals surface area (Å²) in [7, 11) is 0. The lowest BCUT2D eigenvalue weighted by molar-refractivity contribution is -0.400. The number of benzene rings is 2. The standard InChI is InChI=1S/C15H24F9N.C12H10/c1-4-6-11(5-2)8-7-10(3)9-25-15(23,24)13(18,19)12(16,17)14(20,21)22;1-3-7-11(8-4-1)12-9-5-2-6-10-12/h10-11,25H,4-9H2,1-3H3;1-10H. The van der Waals surface area contributed by atoms with Gasteiger partial charge in [0.25, 0.3) is 0 Å². The lowest BCUT2D eigenvalue weighted by atomic mass is 9.91. The fourth-order valence-electron chi connectivity index (χ4n) is 3.63. The highest BCUT2D eigenvalue weighted by atomic mass is 19.4. The van der Waals surface area contributed by atoms with Crippen LogP contribution in [0.4, 0.5) is 39.5 Å². The Balaban J connectivity index is 0.000000466. The van der Waals surface area contributed by atoms with E-state index in [1.807, 2.05) is 26.0 Å². The van der Waals surface area contributed by atoms with Crippen LogP contribution in [0.3, 0.4) is 0 Å². The van der Waals surface area contributed by atoms with Gasteiger partial charge in [0, 0.05) is 6.54 Å². The summed E-state index contributed by atoms with van der Waals surface area (Å²) in [6.45, 7) is 4.54. The van der Waals surface area contributed by atoms with Gasteiger partial charge in [0.1, 0.15) is 0 Å². The molecule has 1 nitrogen and oxygen atoms in total. The summed E-state index contributed by atoms with van der Waals surface area (Å²) < 4.78 is 114. The zero-order valence-electron chi connectivity index (χ0n) is 21.1. The largest absolute Gasteiger partial charge is 0.460 e. The molecular formula is C27H34F9N. The second-order valence-corrected chi connectivity index (χ2v) is 9.08. The zero-order chi connectivity index (χ0) is 28.3. The van der Waals surface area contributed by atoms with Crippen LogP contribution in [0.5, 0.6) is 0 Å². The molecule has 0 heterocycles. The molecule has 210 valence electrons. The highest BCUT2D eigenvalue weighted by Crippen LogP contribution is 2.52. The molecule has 0 spiro atoms. The number of halogens is 9. The average Bonchev–Trinajstić information content (AvgIpc) is 2.86. The molecule has 10 heteroatoms. The number of hydrogen-bond donors (Lipinski definition) is 1. The summed E-state index contributed by atoms with van der Waals surface area (Å²) in [6, 6.07) is 15.1. The van der Waals surface area contributed by atoms with Crippen LogP contribution in [0.25, 0.3) is 11.1 Å². The molecule has 0 aromatic heterocycles. The smallest absolute Gasteiger partial charge is 0.252 e. The zero-order valence-corrected chi connectivity index (χ0v) is 21.1. The topological polar surface area (TPSA) is 12.0 Å². The summed E-state index contributed by atoms with van der Waals surface area (Å²) in [5.74, 6) is -13.7. The van der Waals surface area contributed by atoms with Crippen molar-refractivity contribution in [1.82, 2.24) is 5.32 Å². The molecule has 0 aliphatic rings. The Hall–Kier alpha value is -2.23. The van der Waals surface area contributed by atoms with E-state index in [4.69, 9.17) is 0 Å². The van der Waals surface area contributed by atoms with Crippen molar-refractivity contribution in [1.29, 1.82) is 0 Å². The maximum absolute atomic E-state index is 13.3. The minimum Gasteiger partial charge on any atom is -0.252 e. The van der Waals surface area contributed by atoms with Gasteiger partial charge < -0.3 is 0 Å². The first kappa shape index (κ1) is 32.8. The Morgan fingerprint density at radius 1 is 0.649 bits per heavy atom. The molecule has 0 aliphatic carbocycles. The number of rotatable bonds is 12. The van der Waals surface area contributed by atoms with Crippen LogP contribution >= 0.6 is 0 Å². The monoisotopic (exact) mass is 543 g/mol.